The fourth-order valence-electron chi connectivity index (χ4n) is 3.48. The van der Waals surface area contributed by atoms with Crippen LogP contribution in [0.3, 0.4) is 0 Å². The topological polar surface area (TPSA) is 6.48 Å². The number of anilines is 2. The van der Waals surface area contributed by atoms with E-state index in [2.05, 4.69) is 103 Å². The van der Waals surface area contributed by atoms with E-state index >= 15 is 0 Å². The van der Waals surface area contributed by atoms with E-state index in [1.54, 1.807) is 0 Å². The molecule has 1 atom stereocenters. The van der Waals surface area contributed by atoms with Gasteiger partial charge in [-0.1, -0.05) is 72.1 Å². The molecule has 27 heavy (non-hydrogen) atoms. The number of allylic oxidation sites excluding steroid dienone is 4. The summed E-state index contributed by atoms with van der Waals surface area (Å²) < 4.78 is 0. The summed E-state index contributed by atoms with van der Waals surface area (Å²) in [7, 11) is 0. The molecule has 0 fully saturated rings. The Morgan fingerprint density at radius 1 is 0.852 bits per heavy atom. The Bertz CT molecular complexity index is 901. The van der Waals surface area contributed by atoms with Gasteiger partial charge < -0.3 is 9.80 Å². The number of rotatable bonds is 5. The number of para-hydroxylation sites is 2. The van der Waals surface area contributed by atoms with Gasteiger partial charge in [0.15, 0.2) is 0 Å². The summed E-state index contributed by atoms with van der Waals surface area (Å²) >= 11 is 3.77. The van der Waals surface area contributed by atoms with E-state index in [0.29, 0.717) is 5.37 Å². The molecule has 2 heterocycles. The van der Waals surface area contributed by atoms with Crippen LogP contribution in [-0.4, -0.2) is 18.5 Å². The van der Waals surface area contributed by atoms with Crippen LogP contribution in [0.4, 0.5) is 11.4 Å². The molecule has 0 spiro atoms. The molecule has 0 saturated heterocycles. The number of nitrogens with zero attached hydrogens (tertiary/aromatic N) is 2. The van der Waals surface area contributed by atoms with Crippen LogP contribution in [0.5, 0.6) is 0 Å². The summed E-state index contributed by atoms with van der Waals surface area (Å²) in [5.74, 6) is 0. The molecule has 2 aromatic carbocycles. The fourth-order valence-corrected chi connectivity index (χ4v) is 5.90. The van der Waals surface area contributed by atoms with Crippen molar-refractivity contribution in [1.82, 2.24) is 0 Å². The highest BCUT2D eigenvalue weighted by Crippen LogP contribution is 2.45. The Balaban J connectivity index is 1.42. The third-order valence-electron chi connectivity index (χ3n) is 4.76. The average Bonchev–Trinajstić information content (AvgIpc) is 3.24. The molecular weight excluding hydrogens is 368 g/mol. The molecule has 0 N–H and O–H groups in total. The summed E-state index contributed by atoms with van der Waals surface area (Å²) in [6, 6.07) is 17.3. The van der Waals surface area contributed by atoms with Gasteiger partial charge in [0.05, 0.1) is 21.8 Å². The van der Waals surface area contributed by atoms with E-state index in [0.717, 1.165) is 13.1 Å². The van der Waals surface area contributed by atoms with Crippen molar-refractivity contribution in [1.29, 1.82) is 0 Å². The van der Waals surface area contributed by atoms with Gasteiger partial charge >= 0.3 is 0 Å². The maximum absolute atomic E-state index is 2.45. The number of thioether (sulfide) groups is 2. The first-order valence-corrected chi connectivity index (χ1v) is 11.1. The molecule has 4 rings (SSSR count). The molecule has 138 valence electrons. The summed E-state index contributed by atoms with van der Waals surface area (Å²) in [5, 5.41) is 1.67. The van der Waals surface area contributed by atoms with Crippen LogP contribution < -0.4 is 9.80 Å². The largest absolute Gasteiger partial charge is 0.355 e. The highest BCUT2D eigenvalue weighted by atomic mass is 32.2. The minimum Gasteiger partial charge on any atom is -0.355 e. The van der Waals surface area contributed by atoms with Crippen molar-refractivity contribution in [3.8, 4) is 0 Å². The average molecular weight is 393 g/mol. The zero-order chi connectivity index (χ0) is 18.6. The van der Waals surface area contributed by atoms with Crippen LogP contribution in [-0.2, 0) is 0 Å². The van der Waals surface area contributed by atoms with E-state index in [1.165, 1.54) is 26.2 Å². The van der Waals surface area contributed by atoms with Crippen molar-refractivity contribution >= 4 is 34.9 Å². The molecule has 2 aliphatic rings. The molecule has 2 aromatic rings. The predicted molar refractivity (Wildman–Crippen MR) is 121 cm³/mol. The van der Waals surface area contributed by atoms with Crippen LogP contribution in [0.1, 0.15) is 13.8 Å². The first-order valence-electron chi connectivity index (χ1n) is 9.43. The maximum atomic E-state index is 2.45. The number of hydrogen-bond donors (Lipinski definition) is 0. The Kier molecular flexibility index (Phi) is 5.65. The second-order valence-electron chi connectivity index (χ2n) is 6.35. The Hall–Kier alpha value is -2.04. The van der Waals surface area contributed by atoms with E-state index in [9.17, 15) is 0 Å². The van der Waals surface area contributed by atoms with Gasteiger partial charge in [-0.3, -0.25) is 0 Å². The smallest absolute Gasteiger partial charge is 0.0985 e. The standard InChI is InChI=1S/C23H24N2S2/c1-3-24-18-12-8-10-14-20(18)26-22(24)16-6-5-7-17-23-25(4-2)19-13-9-11-15-21(19)27-23/h5-17,22H,3-4H2,1-2H3. The minimum atomic E-state index is 0.377. The monoisotopic (exact) mass is 392 g/mol. The zero-order valence-corrected chi connectivity index (χ0v) is 17.3. The van der Waals surface area contributed by atoms with Crippen molar-refractivity contribution in [3.05, 3.63) is 83.9 Å². The van der Waals surface area contributed by atoms with Gasteiger partial charge in [-0.25, -0.2) is 0 Å². The third kappa shape index (κ3) is 3.69. The first kappa shape index (κ1) is 18.3. The van der Waals surface area contributed by atoms with E-state index in [4.69, 9.17) is 0 Å². The molecule has 4 heteroatoms. The normalized spacial score (nSPS) is 20.2. The van der Waals surface area contributed by atoms with Gasteiger partial charge in [0.2, 0.25) is 0 Å². The molecule has 2 aliphatic heterocycles. The number of benzene rings is 2. The van der Waals surface area contributed by atoms with Crippen LogP contribution in [0.2, 0.25) is 0 Å². The second-order valence-corrected chi connectivity index (χ2v) is 8.57. The van der Waals surface area contributed by atoms with Gasteiger partial charge in [0.25, 0.3) is 0 Å². The maximum Gasteiger partial charge on any atom is 0.0985 e. The third-order valence-corrected chi connectivity index (χ3v) is 7.14. The van der Waals surface area contributed by atoms with Gasteiger partial charge in [0.1, 0.15) is 0 Å². The van der Waals surface area contributed by atoms with Gasteiger partial charge in [-0.15, -0.1) is 0 Å². The van der Waals surface area contributed by atoms with Crippen molar-refractivity contribution in [2.45, 2.75) is 29.0 Å². The van der Waals surface area contributed by atoms with Crippen LogP contribution in [0.15, 0.2) is 93.7 Å². The lowest BCUT2D eigenvalue weighted by Crippen LogP contribution is -2.27. The summed E-state index contributed by atoms with van der Waals surface area (Å²) in [6.45, 7) is 6.43. The summed E-state index contributed by atoms with van der Waals surface area (Å²) in [6.07, 6.45) is 11.0. The molecular formula is C23H24N2S2. The number of fused-ring (bicyclic) bond motifs is 2. The molecule has 1 unspecified atom stereocenters. The number of likely N-dealkylation sites (N-methyl/N-ethyl adjacent to an activating group) is 1. The molecule has 0 bridgehead atoms. The van der Waals surface area contributed by atoms with Crippen molar-refractivity contribution in [2.24, 2.45) is 0 Å². The van der Waals surface area contributed by atoms with Crippen LogP contribution >= 0.6 is 23.5 Å². The van der Waals surface area contributed by atoms with E-state index in [1.807, 2.05) is 23.5 Å². The molecule has 0 saturated carbocycles. The second kappa shape index (κ2) is 8.32. The lowest BCUT2D eigenvalue weighted by Gasteiger charge is -2.22. The highest BCUT2D eigenvalue weighted by molar-refractivity contribution is 8.03. The highest BCUT2D eigenvalue weighted by Gasteiger charge is 2.26. The van der Waals surface area contributed by atoms with E-state index < -0.39 is 0 Å². The van der Waals surface area contributed by atoms with Crippen LogP contribution in [0.25, 0.3) is 0 Å². The molecule has 0 aromatic heterocycles. The fraction of sp³-hybridized carbons (Fsp3) is 0.217. The van der Waals surface area contributed by atoms with Crippen molar-refractivity contribution < 1.29 is 0 Å². The molecule has 0 radical (unpaired) electrons. The van der Waals surface area contributed by atoms with Gasteiger partial charge in [-0.2, -0.15) is 0 Å². The zero-order valence-electron chi connectivity index (χ0n) is 15.7. The van der Waals surface area contributed by atoms with Crippen molar-refractivity contribution in [2.75, 3.05) is 22.9 Å². The quantitative estimate of drug-likeness (QED) is 0.533. The molecule has 2 nitrogen and oxygen atoms in total. The SMILES string of the molecule is CCN1C(=CC=CC=CC2Sc3ccccc3N2CC)Sc2ccccc21. The Morgan fingerprint density at radius 2 is 1.59 bits per heavy atom. The summed E-state index contributed by atoms with van der Waals surface area (Å²) in [5.41, 5.74) is 2.67. The number of hydrogen-bond acceptors (Lipinski definition) is 4. The Morgan fingerprint density at radius 3 is 2.37 bits per heavy atom. The lowest BCUT2D eigenvalue weighted by atomic mass is 10.3. The lowest BCUT2D eigenvalue weighted by molar-refractivity contribution is 0.878. The van der Waals surface area contributed by atoms with Gasteiger partial charge in [-0.05, 0) is 44.2 Å². The first-order chi connectivity index (χ1) is 13.3. The predicted octanol–water partition coefficient (Wildman–Crippen LogP) is 6.53. The van der Waals surface area contributed by atoms with Crippen molar-refractivity contribution in [3.63, 3.8) is 0 Å². The van der Waals surface area contributed by atoms with E-state index in [-0.39, 0.29) is 0 Å². The van der Waals surface area contributed by atoms with Crippen LogP contribution in [0, 0.1) is 0 Å². The summed E-state index contributed by atoms with van der Waals surface area (Å²) in [4.78, 5) is 7.54. The molecule has 0 amide bonds. The molecule has 0 aliphatic carbocycles. The van der Waals surface area contributed by atoms with Gasteiger partial charge in [0, 0.05) is 22.9 Å². The Labute approximate surface area is 170 Å². The minimum absolute atomic E-state index is 0.377.